The maximum absolute atomic E-state index is 14.4. The summed E-state index contributed by atoms with van der Waals surface area (Å²) in [7, 11) is 3.80. The van der Waals surface area contributed by atoms with Crippen molar-refractivity contribution >= 4 is 17.3 Å². The summed E-state index contributed by atoms with van der Waals surface area (Å²) in [6.45, 7) is 2.50. The van der Waals surface area contributed by atoms with Crippen LogP contribution in [0.15, 0.2) is 42.5 Å². The van der Waals surface area contributed by atoms with Crippen LogP contribution in [-0.4, -0.2) is 63.7 Å². The minimum atomic E-state index is -4.45. The molecule has 1 N–H and O–H groups in total. The van der Waals surface area contributed by atoms with Crippen LogP contribution in [0.4, 0.5) is 28.9 Å². The second-order valence-electron chi connectivity index (χ2n) is 8.90. The highest BCUT2D eigenvalue weighted by Crippen LogP contribution is 2.40. The van der Waals surface area contributed by atoms with Gasteiger partial charge in [-0.2, -0.15) is 13.2 Å². The van der Waals surface area contributed by atoms with Crippen LogP contribution in [-0.2, 0) is 17.4 Å². The molecule has 0 saturated carbocycles. The molecule has 2 unspecified atom stereocenters. The summed E-state index contributed by atoms with van der Waals surface area (Å²) in [6.07, 6.45) is -4.24. The number of nitrogens with one attached hydrogen (secondary N) is 1. The van der Waals surface area contributed by atoms with Gasteiger partial charge in [0.05, 0.1) is 23.2 Å². The Labute approximate surface area is 191 Å². The number of halogens is 4. The lowest BCUT2D eigenvalue weighted by Crippen LogP contribution is -2.61. The number of alkyl halides is 3. The molecule has 2 aromatic carbocycles. The van der Waals surface area contributed by atoms with Gasteiger partial charge in [0.1, 0.15) is 5.82 Å². The number of hydrogen-bond donors (Lipinski definition) is 1. The normalized spacial score (nSPS) is 20.5. The van der Waals surface area contributed by atoms with E-state index in [-0.39, 0.29) is 24.2 Å². The Morgan fingerprint density at radius 2 is 1.88 bits per heavy atom. The second-order valence-corrected chi connectivity index (χ2v) is 8.90. The van der Waals surface area contributed by atoms with Crippen molar-refractivity contribution in [3.63, 3.8) is 0 Å². The average Bonchev–Trinajstić information content (AvgIpc) is 2.77. The Hall–Kier alpha value is -2.81. The van der Waals surface area contributed by atoms with Crippen LogP contribution in [0.3, 0.4) is 0 Å². The SMILES string of the molecule is CN(C)CCNC(=O)C1Cc2cc(C(F)(F)F)ccc2N2CCN(c3ccccc3F)CC12. The first kappa shape index (κ1) is 23.4. The topological polar surface area (TPSA) is 38.8 Å². The molecule has 2 aromatic rings. The maximum Gasteiger partial charge on any atom is 0.416 e. The number of fused-ring (bicyclic) bond motifs is 3. The fourth-order valence-electron chi connectivity index (χ4n) is 4.76. The first-order chi connectivity index (χ1) is 15.6. The fraction of sp³-hybridized carbons (Fsp3) is 0.458. The van der Waals surface area contributed by atoms with E-state index in [1.807, 2.05) is 28.8 Å². The molecule has 2 aliphatic heterocycles. The highest BCUT2D eigenvalue weighted by atomic mass is 19.4. The first-order valence-electron chi connectivity index (χ1n) is 11.0. The molecule has 0 aromatic heterocycles. The Morgan fingerprint density at radius 1 is 1.12 bits per heavy atom. The summed E-state index contributed by atoms with van der Waals surface area (Å²) in [5, 5.41) is 2.94. The largest absolute Gasteiger partial charge is 0.416 e. The van der Waals surface area contributed by atoms with Gasteiger partial charge >= 0.3 is 6.18 Å². The predicted octanol–water partition coefficient (Wildman–Crippen LogP) is 3.39. The van der Waals surface area contributed by atoms with Gasteiger partial charge in [-0.3, -0.25) is 4.79 Å². The summed E-state index contributed by atoms with van der Waals surface area (Å²) in [5.41, 5.74) is 1.00. The van der Waals surface area contributed by atoms with Gasteiger partial charge in [0.2, 0.25) is 5.91 Å². The van der Waals surface area contributed by atoms with Gasteiger partial charge in [-0.1, -0.05) is 12.1 Å². The lowest BCUT2D eigenvalue weighted by molar-refractivity contribution is -0.137. The van der Waals surface area contributed by atoms with Crippen molar-refractivity contribution < 1.29 is 22.4 Å². The molecule has 178 valence electrons. The van der Waals surface area contributed by atoms with Gasteiger partial charge in [0, 0.05) is 38.4 Å². The average molecular weight is 465 g/mol. The monoisotopic (exact) mass is 464 g/mol. The summed E-state index contributed by atoms with van der Waals surface area (Å²) >= 11 is 0. The van der Waals surface area contributed by atoms with E-state index in [0.29, 0.717) is 44.0 Å². The van der Waals surface area contributed by atoms with E-state index in [4.69, 9.17) is 0 Å². The van der Waals surface area contributed by atoms with E-state index < -0.39 is 17.7 Å². The number of carbonyl (C=O) groups excluding carboxylic acids is 1. The standard InChI is InChI=1S/C24H28F4N4O/c1-30(2)10-9-29-23(33)18-14-16-13-17(24(26,27)28)7-8-20(16)32-12-11-31(15-22(18)32)21-6-4-3-5-19(21)25/h3-8,13,18,22H,9-12,14-15H2,1-2H3,(H,29,33). The Morgan fingerprint density at radius 3 is 2.58 bits per heavy atom. The third kappa shape index (κ3) is 4.93. The van der Waals surface area contributed by atoms with Crippen LogP contribution >= 0.6 is 0 Å². The number of piperazine rings is 1. The number of carbonyl (C=O) groups is 1. The van der Waals surface area contributed by atoms with Gasteiger partial charge in [0.25, 0.3) is 0 Å². The predicted molar refractivity (Wildman–Crippen MR) is 120 cm³/mol. The number of likely N-dealkylation sites (N-methyl/N-ethyl adjacent to an activating group) is 1. The molecule has 0 aliphatic carbocycles. The lowest BCUT2D eigenvalue weighted by Gasteiger charge is -2.49. The Bertz CT molecular complexity index is 1010. The molecule has 1 fully saturated rings. The van der Waals surface area contributed by atoms with Crippen molar-refractivity contribution in [1.29, 1.82) is 0 Å². The minimum Gasteiger partial charge on any atom is -0.365 e. The zero-order valence-electron chi connectivity index (χ0n) is 18.7. The quantitative estimate of drug-likeness (QED) is 0.689. The van der Waals surface area contributed by atoms with Crippen molar-refractivity contribution in [1.82, 2.24) is 10.2 Å². The summed E-state index contributed by atoms with van der Waals surface area (Å²) in [5.74, 6) is -1.06. The van der Waals surface area contributed by atoms with E-state index in [0.717, 1.165) is 17.8 Å². The Kier molecular flexibility index (Phi) is 6.52. The zero-order valence-corrected chi connectivity index (χ0v) is 18.7. The molecule has 0 radical (unpaired) electrons. The first-order valence-corrected chi connectivity index (χ1v) is 11.0. The van der Waals surface area contributed by atoms with Gasteiger partial charge in [-0.15, -0.1) is 0 Å². The van der Waals surface area contributed by atoms with Crippen molar-refractivity contribution in [3.8, 4) is 0 Å². The molecule has 2 heterocycles. The smallest absolute Gasteiger partial charge is 0.365 e. The van der Waals surface area contributed by atoms with Crippen LogP contribution in [0, 0.1) is 11.7 Å². The molecule has 0 spiro atoms. The molecule has 1 amide bonds. The van der Waals surface area contributed by atoms with Crippen LogP contribution in [0.5, 0.6) is 0 Å². The number of anilines is 2. The third-order valence-electron chi connectivity index (χ3n) is 6.43. The fourth-order valence-corrected chi connectivity index (χ4v) is 4.76. The highest BCUT2D eigenvalue weighted by Gasteiger charge is 2.43. The third-order valence-corrected chi connectivity index (χ3v) is 6.43. The van der Waals surface area contributed by atoms with Crippen molar-refractivity contribution in [2.45, 2.75) is 18.6 Å². The lowest BCUT2D eigenvalue weighted by atomic mass is 9.82. The highest BCUT2D eigenvalue weighted by molar-refractivity contribution is 5.82. The number of rotatable bonds is 5. The van der Waals surface area contributed by atoms with Crippen LogP contribution in [0.2, 0.25) is 0 Å². The maximum atomic E-state index is 14.4. The number of benzene rings is 2. The molecular formula is C24H28F4N4O. The summed E-state index contributed by atoms with van der Waals surface area (Å²) < 4.78 is 54.4. The van der Waals surface area contributed by atoms with E-state index in [1.165, 1.54) is 12.1 Å². The number of hydrogen-bond acceptors (Lipinski definition) is 4. The summed E-state index contributed by atoms with van der Waals surface area (Å²) in [6, 6.07) is 10.00. The van der Waals surface area contributed by atoms with E-state index in [2.05, 4.69) is 5.32 Å². The molecule has 0 bridgehead atoms. The molecule has 33 heavy (non-hydrogen) atoms. The van der Waals surface area contributed by atoms with E-state index in [9.17, 15) is 22.4 Å². The van der Waals surface area contributed by atoms with Gasteiger partial charge in [0.15, 0.2) is 0 Å². The van der Waals surface area contributed by atoms with Gasteiger partial charge < -0.3 is 20.0 Å². The second kappa shape index (κ2) is 9.21. The van der Waals surface area contributed by atoms with Gasteiger partial charge in [-0.25, -0.2) is 4.39 Å². The zero-order chi connectivity index (χ0) is 23.8. The van der Waals surface area contributed by atoms with Crippen molar-refractivity contribution in [2.24, 2.45) is 5.92 Å². The number of amides is 1. The number of nitrogens with zero attached hydrogens (tertiary/aromatic N) is 3. The summed E-state index contributed by atoms with van der Waals surface area (Å²) in [4.78, 5) is 19.1. The van der Waals surface area contributed by atoms with Crippen LogP contribution in [0.25, 0.3) is 0 Å². The molecule has 4 rings (SSSR count). The van der Waals surface area contributed by atoms with Crippen LogP contribution < -0.4 is 15.1 Å². The van der Waals surface area contributed by atoms with Crippen molar-refractivity contribution in [2.75, 3.05) is 56.6 Å². The van der Waals surface area contributed by atoms with Crippen LogP contribution in [0.1, 0.15) is 11.1 Å². The van der Waals surface area contributed by atoms with Gasteiger partial charge in [-0.05, 0) is 56.4 Å². The molecule has 5 nitrogen and oxygen atoms in total. The molecule has 1 saturated heterocycles. The van der Waals surface area contributed by atoms with E-state index in [1.54, 1.807) is 18.2 Å². The Balaban J connectivity index is 1.65. The molecular weight excluding hydrogens is 436 g/mol. The van der Waals surface area contributed by atoms with Crippen molar-refractivity contribution in [3.05, 3.63) is 59.4 Å². The number of para-hydroxylation sites is 1. The van der Waals surface area contributed by atoms with E-state index >= 15 is 0 Å². The minimum absolute atomic E-state index is 0.190. The molecule has 9 heteroatoms. The molecule has 2 aliphatic rings. The molecule has 2 atom stereocenters.